The average Bonchev–Trinajstić information content (AvgIpc) is 2.41. The van der Waals surface area contributed by atoms with Crippen LogP contribution in [0.4, 0.5) is 0 Å². The van der Waals surface area contributed by atoms with Gasteiger partial charge in [0, 0.05) is 0 Å². The molecule has 0 bridgehead atoms. The van der Waals surface area contributed by atoms with Crippen molar-refractivity contribution in [2.75, 3.05) is 0 Å². The molecule has 8 heteroatoms. The monoisotopic (exact) mass is 408 g/mol. The predicted octanol–water partition coefficient (Wildman–Crippen LogP) is 8.05. The highest BCUT2D eigenvalue weighted by Gasteiger charge is 2.18. The highest BCUT2D eigenvalue weighted by atomic mass is 35.5. The van der Waals surface area contributed by atoms with Crippen molar-refractivity contribution in [3.05, 3.63) is 53.4 Å². The first-order valence-electron chi connectivity index (χ1n) is 4.97. The van der Waals surface area contributed by atoms with Gasteiger partial charge >= 0.3 is 0 Å². The summed E-state index contributed by atoms with van der Waals surface area (Å²) in [7, 11) is 0. The first kappa shape index (κ1) is 16.6. The molecule has 0 atom stereocenters. The van der Waals surface area contributed by atoms with Gasteiger partial charge < -0.3 is 4.74 Å². The first-order valence-corrected chi connectivity index (χ1v) is 7.61. The van der Waals surface area contributed by atoms with Crippen LogP contribution < -0.4 is 4.74 Å². The minimum atomic E-state index is 0.0753. The summed E-state index contributed by atoms with van der Waals surface area (Å²) in [5.41, 5.74) is 0. The zero-order valence-electron chi connectivity index (χ0n) is 9.29. The van der Waals surface area contributed by atoms with Crippen molar-refractivity contribution in [3.63, 3.8) is 0 Å². The van der Waals surface area contributed by atoms with Crippen molar-refractivity contribution < 1.29 is 4.74 Å². The first-order chi connectivity index (χ1) is 9.32. The van der Waals surface area contributed by atoms with Gasteiger partial charge in [0.2, 0.25) is 0 Å². The van der Waals surface area contributed by atoms with Crippen molar-refractivity contribution in [2.24, 2.45) is 0 Å². The van der Waals surface area contributed by atoms with E-state index in [1.165, 1.54) is 18.2 Å². The minimum Gasteiger partial charge on any atom is -0.453 e. The highest BCUT2D eigenvalue weighted by Crippen LogP contribution is 2.46. The number of ether oxygens (including phenoxy) is 1. The van der Waals surface area contributed by atoms with Gasteiger partial charge in [0.1, 0.15) is 15.8 Å². The van der Waals surface area contributed by atoms with Crippen LogP contribution in [-0.2, 0) is 0 Å². The fourth-order valence-corrected chi connectivity index (χ4v) is 2.89. The lowest BCUT2D eigenvalue weighted by atomic mass is 10.3. The van der Waals surface area contributed by atoms with E-state index in [0.717, 1.165) is 0 Å². The quantitative estimate of drug-likeness (QED) is 0.359. The van der Waals surface area contributed by atoms with E-state index in [4.69, 9.17) is 85.9 Å². The summed E-state index contributed by atoms with van der Waals surface area (Å²) in [6.07, 6.45) is 0. The molecule has 0 spiro atoms. The molecule has 0 heterocycles. The van der Waals surface area contributed by atoms with E-state index in [1.807, 2.05) is 0 Å². The number of hydrogen-bond donors (Lipinski definition) is 0. The molecule has 0 aromatic heterocycles. The molecule has 0 fully saturated rings. The highest BCUT2D eigenvalue weighted by molar-refractivity contribution is 6.50. The Morgan fingerprint density at radius 2 is 1.20 bits per heavy atom. The maximum Gasteiger partial charge on any atom is 0.166 e. The van der Waals surface area contributed by atoms with Gasteiger partial charge in [-0.2, -0.15) is 0 Å². The van der Waals surface area contributed by atoms with Crippen LogP contribution in [0.3, 0.4) is 0 Å². The Morgan fingerprint density at radius 1 is 0.600 bits per heavy atom. The Bertz CT molecular complexity index is 684. The van der Waals surface area contributed by atoms with E-state index < -0.39 is 0 Å². The Labute approximate surface area is 150 Å². The molecule has 1 nitrogen and oxygen atoms in total. The third kappa shape index (κ3) is 3.20. The van der Waals surface area contributed by atoms with Crippen molar-refractivity contribution >= 4 is 81.2 Å². The number of halogens is 7. The van der Waals surface area contributed by atoms with Crippen LogP contribution in [0.1, 0.15) is 0 Å². The van der Waals surface area contributed by atoms with Gasteiger partial charge in [-0.05, 0) is 18.2 Å². The second-order valence-electron chi connectivity index (χ2n) is 3.57. The van der Waals surface area contributed by atoms with E-state index >= 15 is 0 Å². The van der Waals surface area contributed by atoms with Crippen LogP contribution in [-0.4, -0.2) is 0 Å². The van der Waals surface area contributed by atoms with Gasteiger partial charge in [0.25, 0.3) is 0 Å². The van der Waals surface area contributed by atoms with E-state index in [1.54, 1.807) is 0 Å². The van der Waals surface area contributed by atoms with Crippen LogP contribution in [0.25, 0.3) is 0 Å². The van der Waals surface area contributed by atoms with Crippen LogP contribution in [0.5, 0.6) is 11.5 Å². The second kappa shape index (κ2) is 6.58. The van der Waals surface area contributed by atoms with Crippen LogP contribution in [0, 0.1) is 0 Å². The maximum absolute atomic E-state index is 6.05. The Morgan fingerprint density at radius 3 is 1.85 bits per heavy atom. The van der Waals surface area contributed by atoms with Crippen LogP contribution >= 0.6 is 81.2 Å². The summed E-state index contributed by atoms with van der Waals surface area (Å²) in [6.45, 7) is 0. The number of hydrogen-bond acceptors (Lipinski definition) is 1. The fraction of sp³-hybridized carbons (Fsp3) is 0. The minimum absolute atomic E-state index is 0.0753. The summed E-state index contributed by atoms with van der Waals surface area (Å²) in [5, 5.41) is 1.21. The fourth-order valence-electron chi connectivity index (χ4n) is 1.34. The molecule has 0 aliphatic carbocycles. The maximum atomic E-state index is 6.05. The summed E-state index contributed by atoms with van der Waals surface area (Å²) in [5.74, 6) is 0.367. The van der Waals surface area contributed by atoms with E-state index in [2.05, 4.69) is 0 Å². The molecule has 0 unspecified atom stereocenters. The van der Waals surface area contributed by atoms with E-state index in [9.17, 15) is 0 Å². The van der Waals surface area contributed by atoms with Gasteiger partial charge in [-0.1, -0.05) is 81.2 Å². The van der Waals surface area contributed by atoms with Crippen LogP contribution in [0.15, 0.2) is 18.2 Å². The lowest BCUT2D eigenvalue weighted by Crippen LogP contribution is -1.90. The van der Waals surface area contributed by atoms with Crippen molar-refractivity contribution in [1.29, 1.82) is 0 Å². The summed E-state index contributed by atoms with van der Waals surface area (Å²) >= 11 is 41.7. The third-order valence-electron chi connectivity index (χ3n) is 2.28. The molecule has 0 aliphatic rings. The largest absolute Gasteiger partial charge is 0.453 e. The topological polar surface area (TPSA) is 9.23 Å². The molecule has 0 N–H and O–H groups in total. The Balaban J connectivity index is 2.51. The normalized spacial score (nSPS) is 10.8. The summed E-state index contributed by atoms with van der Waals surface area (Å²) < 4.78 is 5.56. The zero-order valence-corrected chi connectivity index (χ0v) is 14.6. The van der Waals surface area contributed by atoms with Gasteiger partial charge in [-0.3, -0.25) is 0 Å². The third-order valence-corrected chi connectivity index (χ3v) is 5.09. The molecule has 2 aromatic rings. The molecule has 0 radical (unpaired) electrons. The van der Waals surface area contributed by atoms with Gasteiger partial charge in [-0.15, -0.1) is 0 Å². The summed E-state index contributed by atoms with van der Waals surface area (Å²) in [6, 6.07) is 4.48. The van der Waals surface area contributed by atoms with Crippen molar-refractivity contribution in [2.45, 2.75) is 0 Å². The number of rotatable bonds is 2. The van der Waals surface area contributed by atoms with Gasteiger partial charge in [-0.25, -0.2) is 0 Å². The molecular formula is C12H3Cl7O. The molecule has 106 valence electrons. The van der Waals surface area contributed by atoms with Crippen LogP contribution in [0.2, 0.25) is 35.2 Å². The molecule has 0 saturated carbocycles. The second-order valence-corrected chi connectivity index (χ2v) is 6.31. The lowest BCUT2D eigenvalue weighted by molar-refractivity contribution is 0.483. The smallest absolute Gasteiger partial charge is 0.166 e. The zero-order chi connectivity index (χ0) is 15.0. The predicted molar refractivity (Wildman–Crippen MR) is 88.0 cm³/mol. The van der Waals surface area contributed by atoms with Crippen molar-refractivity contribution in [1.82, 2.24) is 0 Å². The van der Waals surface area contributed by atoms with E-state index in [-0.39, 0.29) is 41.6 Å². The van der Waals surface area contributed by atoms with Crippen molar-refractivity contribution in [3.8, 4) is 11.5 Å². The van der Waals surface area contributed by atoms with Gasteiger partial charge in [0.15, 0.2) is 5.75 Å². The lowest BCUT2D eigenvalue weighted by Gasteiger charge is -2.13. The molecule has 2 rings (SSSR count). The number of benzene rings is 2. The SMILES string of the molecule is Clc1ccc(Oc2c(Cl)cc(Cl)c(Cl)c2Cl)c(Cl)c1Cl. The van der Waals surface area contributed by atoms with E-state index in [0.29, 0.717) is 5.02 Å². The Kier molecular flexibility index (Phi) is 5.47. The molecule has 0 amide bonds. The van der Waals surface area contributed by atoms with Gasteiger partial charge in [0.05, 0.1) is 25.1 Å². The standard InChI is InChI=1S/C12H3Cl7O/c13-4-1-2-7(10(18)8(4)16)20-12-6(15)3-5(14)9(17)11(12)19/h1-3H. The molecule has 0 aliphatic heterocycles. The molecule has 0 saturated heterocycles. The Hall–Kier alpha value is 0.270. The average molecular weight is 411 g/mol. The molecule has 2 aromatic carbocycles. The summed E-state index contributed by atoms with van der Waals surface area (Å²) in [4.78, 5) is 0. The molecule has 20 heavy (non-hydrogen) atoms. The molecular weight excluding hydrogens is 408 g/mol.